The summed E-state index contributed by atoms with van der Waals surface area (Å²) < 4.78 is 13.6. The average molecular weight is 541 g/mol. The molecule has 190 valence electrons. The first-order chi connectivity index (χ1) is 18.4. The lowest BCUT2D eigenvalue weighted by Gasteiger charge is -2.05. The highest BCUT2D eigenvalue weighted by atomic mass is 32.1. The van der Waals surface area contributed by atoms with Crippen molar-refractivity contribution in [3.8, 4) is 21.9 Å². The van der Waals surface area contributed by atoms with Gasteiger partial charge in [0, 0.05) is 5.56 Å². The van der Waals surface area contributed by atoms with Crippen LogP contribution in [0.1, 0.15) is 35.9 Å². The minimum absolute atomic E-state index is 0.0477. The second-order valence-electron chi connectivity index (χ2n) is 8.42. The quantitative estimate of drug-likeness (QED) is 0.214. The van der Waals surface area contributed by atoms with E-state index in [2.05, 4.69) is 9.97 Å². The fraction of sp³-hybridized carbons (Fsp3) is 0.100. The number of nitrogens with zero attached hydrogens (tertiary/aromatic N) is 2. The molecule has 2 heterocycles. The highest BCUT2D eigenvalue weighted by Gasteiger charge is 2.07. The normalized spacial score (nSPS) is 11.6. The van der Waals surface area contributed by atoms with Crippen molar-refractivity contribution in [1.29, 1.82) is 0 Å². The summed E-state index contributed by atoms with van der Waals surface area (Å²) >= 11 is 3.02. The number of aromatic nitrogens is 2. The molecule has 0 aliphatic heterocycles. The molecule has 1 unspecified atom stereocenters. The Bertz CT molecular complexity index is 1610. The molecular formula is C30H24N2O4S2. The molecule has 38 heavy (non-hydrogen) atoms. The first kappa shape index (κ1) is 25.5. The van der Waals surface area contributed by atoms with E-state index in [1.807, 2.05) is 72.8 Å². The molecule has 0 bridgehead atoms. The van der Waals surface area contributed by atoms with Crippen molar-refractivity contribution < 1.29 is 19.4 Å². The van der Waals surface area contributed by atoms with Gasteiger partial charge in [0.05, 0.1) is 26.5 Å². The molecule has 6 nitrogen and oxygen atoms in total. The number of thiazole rings is 2. The molecule has 1 atom stereocenters. The van der Waals surface area contributed by atoms with E-state index >= 15 is 0 Å². The molecule has 0 aliphatic carbocycles. The molecule has 0 aliphatic rings. The second kappa shape index (κ2) is 11.5. The third kappa shape index (κ3) is 6.23. The maximum atomic E-state index is 11.2. The lowest BCUT2D eigenvalue weighted by atomic mass is 10.1. The maximum Gasteiger partial charge on any atom is 0.279 e. The first-order valence-corrected chi connectivity index (χ1v) is 13.5. The Hall–Kier alpha value is -4.11. The third-order valence-corrected chi connectivity index (χ3v) is 7.41. The largest absolute Gasteiger partial charge is 0.431 e. The minimum Gasteiger partial charge on any atom is -0.431 e. The van der Waals surface area contributed by atoms with Gasteiger partial charge in [-0.1, -0.05) is 59.1 Å². The van der Waals surface area contributed by atoms with Crippen LogP contribution in [0.25, 0.3) is 20.4 Å². The van der Waals surface area contributed by atoms with Gasteiger partial charge >= 0.3 is 0 Å². The number of Topliss-reactive ketones (excluding diaryl/α,β-unsaturated/α-hetero) is 1. The van der Waals surface area contributed by atoms with Crippen molar-refractivity contribution in [1.82, 2.24) is 9.97 Å². The van der Waals surface area contributed by atoms with Gasteiger partial charge in [-0.3, -0.25) is 4.79 Å². The number of rotatable bonds is 6. The van der Waals surface area contributed by atoms with E-state index in [1.165, 1.54) is 22.7 Å². The topological polar surface area (TPSA) is 81.5 Å². The van der Waals surface area contributed by atoms with Crippen LogP contribution in [-0.2, 0) is 0 Å². The number of ketones is 1. The molecule has 0 fully saturated rings. The summed E-state index contributed by atoms with van der Waals surface area (Å²) in [6.45, 7) is 3.28. The number of ether oxygens (including phenoxy) is 2. The fourth-order valence-corrected chi connectivity index (χ4v) is 5.23. The molecule has 4 aromatic carbocycles. The Balaban J connectivity index is 0.000000155. The predicted octanol–water partition coefficient (Wildman–Crippen LogP) is 8.43. The maximum absolute atomic E-state index is 11.2. The zero-order chi connectivity index (χ0) is 26.5. The van der Waals surface area contributed by atoms with Gasteiger partial charge in [-0.15, -0.1) is 0 Å². The summed E-state index contributed by atoms with van der Waals surface area (Å²) in [5.41, 5.74) is 3.43. The van der Waals surface area contributed by atoms with Gasteiger partial charge < -0.3 is 14.6 Å². The Morgan fingerprint density at radius 3 is 1.58 bits per heavy atom. The molecule has 6 aromatic rings. The summed E-state index contributed by atoms with van der Waals surface area (Å²) in [5.74, 6) is 1.46. The molecule has 0 spiro atoms. The van der Waals surface area contributed by atoms with Crippen LogP contribution >= 0.6 is 22.7 Å². The van der Waals surface area contributed by atoms with Crippen molar-refractivity contribution in [2.24, 2.45) is 0 Å². The predicted molar refractivity (Wildman–Crippen MR) is 153 cm³/mol. The van der Waals surface area contributed by atoms with Gasteiger partial charge in [0.2, 0.25) is 0 Å². The van der Waals surface area contributed by atoms with E-state index in [0.717, 1.165) is 31.7 Å². The number of para-hydroxylation sites is 2. The third-order valence-electron chi connectivity index (χ3n) is 5.58. The molecule has 0 saturated carbocycles. The van der Waals surface area contributed by atoms with Crippen LogP contribution in [0.3, 0.4) is 0 Å². The summed E-state index contributed by atoms with van der Waals surface area (Å²) in [6.07, 6.45) is -0.462. The Kier molecular flexibility index (Phi) is 7.74. The standard InChI is InChI=1S/C15H13NO2S.C15H11NO2S/c2*1-10(17)11-6-8-12(9-7-11)18-15-16-13-4-2-3-5-14(13)19-15/h2-10,17H,1H3;2-9H,1H3. The minimum atomic E-state index is -0.462. The summed E-state index contributed by atoms with van der Waals surface area (Å²) in [4.78, 5) is 20.0. The van der Waals surface area contributed by atoms with Crippen LogP contribution in [0, 0.1) is 0 Å². The SMILES string of the molecule is CC(=O)c1ccc(Oc2nc3ccccc3s2)cc1.CC(O)c1ccc(Oc2nc3ccccc3s2)cc1. The lowest BCUT2D eigenvalue weighted by Crippen LogP contribution is -1.91. The Labute approximate surface area is 227 Å². The average Bonchev–Trinajstić information content (AvgIpc) is 3.52. The van der Waals surface area contributed by atoms with E-state index in [9.17, 15) is 9.90 Å². The zero-order valence-corrected chi connectivity index (χ0v) is 22.3. The molecule has 0 saturated heterocycles. The molecule has 1 N–H and O–H groups in total. The first-order valence-electron chi connectivity index (χ1n) is 11.9. The Morgan fingerprint density at radius 1 is 0.711 bits per heavy atom. The molecule has 0 amide bonds. The number of carbonyl (C=O) groups excluding carboxylic acids is 1. The van der Waals surface area contributed by atoms with Gasteiger partial charge in [-0.05, 0) is 80.1 Å². The zero-order valence-electron chi connectivity index (χ0n) is 20.7. The lowest BCUT2D eigenvalue weighted by molar-refractivity contribution is 0.101. The smallest absolute Gasteiger partial charge is 0.279 e. The van der Waals surface area contributed by atoms with Gasteiger partial charge in [-0.25, -0.2) is 9.97 Å². The van der Waals surface area contributed by atoms with Crippen molar-refractivity contribution >= 4 is 48.9 Å². The van der Waals surface area contributed by atoms with Crippen molar-refractivity contribution in [2.75, 3.05) is 0 Å². The van der Waals surface area contributed by atoms with Crippen molar-refractivity contribution in [3.63, 3.8) is 0 Å². The van der Waals surface area contributed by atoms with E-state index in [1.54, 1.807) is 38.1 Å². The molecular weight excluding hydrogens is 516 g/mol. The Morgan fingerprint density at radius 2 is 1.16 bits per heavy atom. The van der Waals surface area contributed by atoms with Crippen molar-refractivity contribution in [2.45, 2.75) is 20.0 Å². The number of benzene rings is 4. The second-order valence-corrected chi connectivity index (χ2v) is 10.4. The number of aliphatic hydroxyl groups is 1. The van der Waals surface area contributed by atoms with Gasteiger partial charge in [0.15, 0.2) is 5.78 Å². The van der Waals surface area contributed by atoms with Crippen LogP contribution in [0.15, 0.2) is 97.1 Å². The summed E-state index contributed by atoms with van der Waals surface area (Å²) in [7, 11) is 0. The monoisotopic (exact) mass is 540 g/mol. The van der Waals surface area contributed by atoms with Crippen LogP contribution in [0.4, 0.5) is 0 Å². The molecule has 0 radical (unpaired) electrons. The summed E-state index contributed by atoms with van der Waals surface area (Å²) in [6, 6.07) is 30.3. The molecule has 8 heteroatoms. The fourth-order valence-electron chi connectivity index (χ4n) is 3.56. The van der Waals surface area contributed by atoms with E-state index in [4.69, 9.17) is 9.47 Å². The number of hydrogen-bond donors (Lipinski definition) is 1. The number of carbonyl (C=O) groups is 1. The number of hydrogen-bond acceptors (Lipinski definition) is 8. The van der Waals surface area contributed by atoms with E-state index in [0.29, 0.717) is 21.7 Å². The highest BCUT2D eigenvalue weighted by molar-refractivity contribution is 7.20. The highest BCUT2D eigenvalue weighted by Crippen LogP contribution is 2.32. The van der Waals surface area contributed by atoms with Crippen LogP contribution < -0.4 is 9.47 Å². The van der Waals surface area contributed by atoms with Crippen LogP contribution in [0.5, 0.6) is 21.9 Å². The number of fused-ring (bicyclic) bond motifs is 2. The van der Waals surface area contributed by atoms with Gasteiger partial charge in [0.25, 0.3) is 10.4 Å². The van der Waals surface area contributed by atoms with Crippen molar-refractivity contribution in [3.05, 3.63) is 108 Å². The van der Waals surface area contributed by atoms with Gasteiger partial charge in [0.1, 0.15) is 11.5 Å². The number of aliphatic hydroxyl groups excluding tert-OH is 1. The molecule has 2 aromatic heterocycles. The van der Waals surface area contributed by atoms with Gasteiger partial charge in [-0.2, -0.15) is 0 Å². The van der Waals surface area contributed by atoms with Crippen LogP contribution in [-0.4, -0.2) is 20.9 Å². The van der Waals surface area contributed by atoms with Crippen LogP contribution in [0.2, 0.25) is 0 Å². The molecule has 6 rings (SSSR count). The van der Waals surface area contributed by atoms with E-state index in [-0.39, 0.29) is 5.78 Å². The van der Waals surface area contributed by atoms with E-state index < -0.39 is 6.10 Å². The summed E-state index contributed by atoms with van der Waals surface area (Å²) in [5, 5.41) is 10.7.